The van der Waals surface area contributed by atoms with Crippen LogP contribution >= 0.6 is 0 Å². The van der Waals surface area contributed by atoms with Crippen LogP contribution in [0.4, 0.5) is 9.18 Å². The molecule has 0 atom stereocenters. The second kappa shape index (κ2) is 8.23. The van der Waals surface area contributed by atoms with Gasteiger partial charge >= 0.3 is 6.03 Å². The van der Waals surface area contributed by atoms with Crippen LogP contribution in [0.15, 0.2) is 30.5 Å². The van der Waals surface area contributed by atoms with Gasteiger partial charge in [0.1, 0.15) is 5.82 Å². The van der Waals surface area contributed by atoms with Crippen molar-refractivity contribution >= 4 is 12.1 Å². The fraction of sp³-hybridized carbons (Fsp3) is 0.308. The zero-order valence-electron chi connectivity index (χ0n) is 10.4. The molecule has 2 amide bonds. The van der Waals surface area contributed by atoms with E-state index in [1.54, 1.807) is 18.2 Å². The summed E-state index contributed by atoms with van der Waals surface area (Å²) < 4.78 is 13.3. The average molecular weight is 268 g/mol. The van der Waals surface area contributed by atoms with Crippen molar-refractivity contribution in [3.05, 3.63) is 41.8 Å². The van der Waals surface area contributed by atoms with E-state index in [0.29, 0.717) is 5.56 Å². The molecule has 0 unspecified atom stereocenters. The molecule has 0 aromatic heterocycles. The first-order chi connectivity index (χ1) is 9.19. The normalized spacial score (nSPS) is 10.7. The van der Waals surface area contributed by atoms with Crippen molar-refractivity contribution in [2.24, 2.45) is 0 Å². The molecule has 0 aliphatic heterocycles. The molecule has 19 heavy (non-hydrogen) atoms. The summed E-state index contributed by atoms with van der Waals surface area (Å²) in [7, 11) is 0. The average Bonchev–Trinajstić information content (AvgIpc) is 2.40. The third-order valence-corrected chi connectivity index (χ3v) is 2.40. The van der Waals surface area contributed by atoms with Gasteiger partial charge in [-0.3, -0.25) is 0 Å². The molecule has 0 saturated carbocycles. The molecular weight excluding hydrogens is 251 g/mol. The highest BCUT2D eigenvalue weighted by Gasteiger charge is 2.10. The van der Waals surface area contributed by atoms with Gasteiger partial charge in [0.25, 0.3) is 0 Å². The Morgan fingerprint density at radius 2 is 1.89 bits per heavy atom. The predicted octanol–water partition coefficient (Wildman–Crippen LogP) is 0.793. The largest absolute Gasteiger partial charge is 0.395 e. The number of aliphatic hydroxyl groups excluding tert-OH is 2. The summed E-state index contributed by atoms with van der Waals surface area (Å²) in [5.74, 6) is -0.379. The van der Waals surface area contributed by atoms with E-state index in [-0.39, 0.29) is 32.1 Å². The van der Waals surface area contributed by atoms with Crippen LogP contribution in [0.1, 0.15) is 5.56 Å². The molecule has 1 aromatic rings. The smallest absolute Gasteiger partial charge is 0.321 e. The summed E-state index contributed by atoms with van der Waals surface area (Å²) in [6.07, 6.45) is 2.76. The van der Waals surface area contributed by atoms with Gasteiger partial charge in [0.15, 0.2) is 0 Å². The van der Waals surface area contributed by atoms with E-state index in [0.717, 1.165) is 0 Å². The molecule has 0 saturated heterocycles. The third-order valence-electron chi connectivity index (χ3n) is 2.40. The summed E-state index contributed by atoms with van der Waals surface area (Å²) in [4.78, 5) is 12.9. The highest BCUT2D eigenvalue weighted by atomic mass is 19.1. The fourth-order valence-corrected chi connectivity index (χ4v) is 1.46. The van der Waals surface area contributed by atoms with Crippen LogP contribution in [-0.4, -0.2) is 47.4 Å². The van der Waals surface area contributed by atoms with Gasteiger partial charge in [-0.15, -0.1) is 0 Å². The van der Waals surface area contributed by atoms with Gasteiger partial charge in [-0.05, 0) is 12.1 Å². The molecule has 0 radical (unpaired) electrons. The highest BCUT2D eigenvalue weighted by Crippen LogP contribution is 2.07. The Labute approximate surface area is 111 Å². The number of halogens is 1. The van der Waals surface area contributed by atoms with Crippen molar-refractivity contribution in [3.63, 3.8) is 0 Å². The monoisotopic (exact) mass is 268 g/mol. The number of nitrogens with one attached hydrogen (secondary N) is 1. The second-order valence-corrected chi connectivity index (χ2v) is 3.74. The number of hydrogen-bond donors (Lipinski definition) is 3. The highest BCUT2D eigenvalue weighted by molar-refractivity contribution is 5.76. The molecule has 3 N–H and O–H groups in total. The molecule has 0 spiro atoms. The van der Waals surface area contributed by atoms with Crippen molar-refractivity contribution in [2.75, 3.05) is 26.3 Å². The molecule has 1 aromatic carbocycles. The van der Waals surface area contributed by atoms with Gasteiger partial charge < -0.3 is 20.4 Å². The third kappa shape index (κ3) is 5.07. The Morgan fingerprint density at radius 1 is 1.26 bits per heavy atom. The summed E-state index contributed by atoms with van der Waals surface area (Å²) in [5.41, 5.74) is 0.360. The van der Waals surface area contributed by atoms with Gasteiger partial charge in [-0.2, -0.15) is 0 Å². The van der Waals surface area contributed by atoms with E-state index in [4.69, 9.17) is 10.2 Å². The number of urea groups is 1. The van der Waals surface area contributed by atoms with Crippen LogP contribution in [-0.2, 0) is 0 Å². The minimum atomic E-state index is -0.462. The van der Waals surface area contributed by atoms with E-state index in [2.05, 4.69) is 5.32 Å². The van der Waals surface area contributed by atoms with Gasteiger partial charge in [0.2, 0.25) is 0 Å². The maximum absolute atomic E-state index is 13.3. The Kier molecular flexibility index (Phi) is 6.56. The van der Waals surface area contributed by atoms with Crippen molar-refractivity contribution in [3.8, 4) is 0 Å². The minimum Gasteiger partial charge on any atom is -0.395 e. The van der Waals surface area contributed by atoms with Crippen molar-refractivity contribution in [1.29, 1.82) is 0 Å². The summed E-state index contributed by atoms with van der Waals surface area (Å²) in [6.45, 7) is -0.130. The van der Waals surface area contributed by atoms with E-state index in [1.165, 1.54) is 23.2 Å². The summed E-state index contributed by atoms with van der Waals surface area (Å²) in [5, 5.41) is 20.0. The van der Waals surface area contributed by atoms with Crippen LogP contribution < -0.4 is 5.32 Å². The summed E-state index contributed by atoms with van der Waals surface area (Å²) >= 11 is 0. The Bertz CT molecular complexity index is 432. The second-order valence-electron chi connectivity index (χ2n) is 3.74. The quantitative estimate of drug-likeness (QED) is 0.714. The minimum absolute atomic E-state index is 0.125. The zero-order chi connectivity index (χ0) is 14.1. The number of amides is 2. The molecule has 1 rings (SSSR count). The van der Waals surface area contributed by atoms with Crippen molar-refractivity contribution < 1.29 is 19.4 Å². The zero-order valence-corrected chi connectivity index (χ0v) is 10.4. The van der Waals surface area contributed by atoms with E-state index in [9.17, 15) is 9.18 Å². The number of benzene rings is 1. The van der Waals surface area contributed by atoms with Gasteiger partial charge in [-0.25, -0.2) is 9.18 Å². The number of aliphatic hydroxyl groups is 2. The number of hydrogen-bond acceptors (Lipinski definition) is 3. The van der Waals surface area contributed by atoms with Crippen molar-refractivity contribution in [2.45, 2.75) is 0 Å². The van der Waals surface area contributed by atoms with E-state index < -0.39 is 6.03 Å². The van der Waals surface area contributed by atoms with Crippen molar-refractivity contribution in [1.82, 2.24) is 10.2 Å². The van der Waals surface area contributed by atoms with Gasteiger partial charge in [0, 0.05) is 24.9 Å². The first-order valence-corrected chi connectivity index (χ1v) is 5.87. The topological polar surface area (TPSA) is 72.8 Å². The maximum Gasteiger partial charge on any atom is 0.321 e. The Hall–Kier alpha value is -1.92. The lowest BCUT2D eigenvalue weighted by Gasteiger charge is -2.19. The van der Waals surface area contributed by atoms with Gasteiger partial charge in [-0.1, -0.05) is 18.2 Å². The van der Waals surface area contributed by atoms with E-state index >= 15 is 0 Å². The Balaban J connectivity index is 2.55. The van der Waals surface area contributed by atoms with E-state index in [1.807, 2.05) is 0 Å². The molecule has 0 bridgehead atoms. The lowest BCUT2D eigenvalue weighted by molar-refractivity contribution is 0.161. The molecule has 0 aliphatic rings. The first kappa shape index (κ1) is 15.1. The number of rotatable bonds is 6. The molecule has 5 nitrogen and oxygen atoms in total. The fourth-order valence-electron chi connectivity index (χ4n) is 1.46. The molecule has 6 heteroatoms. The standard InChI is InChI=1S/C13H17FN2O3/c14-12-4-2-1-3-11(12)5-6-15-13(19)16(7-9-17)8-10-18/h1-6,17-18H,7-10H2,(H,15,19)/b6-5+. The van der Waals surface area contributed by atoms with Crippen LogP contribution in [0.3, 0.4) is 0 Å². The maximum atomic E-state index is 13.3. The number of carbonyl (C=O) groups excluding carboxylic acids is 1. The molecule has 0 aliphatic carbocycles. The lowest BCUT2D eigenvalue weighted by Crippen LogP contribution is -2.41. The lowest BCUT2D eigenvalue weighted by atomic mass is 10.2. The van der Waals surface area contributed by atoms with Crippen LogP contribution in [0.5, 0.6) is 0 Å². The number of nitrogens with zero attached hydrogens (tertiary/aromatic N) is 1. The Morgan fingerprint density at radius 3 is 2.47 bits per heavy atom. The molecule has 104 valence electrons. The van der Waals surface area contributed by atoms with Crippen LogP contribution in [0.25, 0.3) is 6.08 Å². The molecular formula is C13H17FN2O3. The first-order valence-electron chi connectivity index (χ1n) is 5.87. The summed E-state index contributed by atoms with van der Waals surface area (Å²) in [6, 6.07) is 5.71. The van der Waals surface area contributed by atoms with Crippen LogP contribution in [0.2, 0.25) is 0 Å². The number of carbonyl (C=O) groups is 1. The van der Waals surface area contributed by atoms with Gasteiger partial charge in [0.05, 0.1) is 13.2 Å². The van der Waals surface area contributed by atoms with Crippen LogP contribution in [0, 0.1) is 5.82 Å². The molecule has 0 heterocycles. The SMILES string of the molecule is O=C(N/C=C/c1ccccc1F)N(CCO)CCO. The molecule has 0 fully saturated rings. The predicted molar refractivity (Wildman–Crippen MR) is 69.7 cm³/mol.